The maximum absolute atomic E-state index is 10.9. The summed E-state index contributed by atoms with van der Waals surface area (Å²) in [4.78, 5) is 20.0. The van der Waals surface area contributed by atoms with Crippen molar-refractivity contribution in [1.82, 2.24) is 9.97 Å². The number of benzene rings is 1. The van der Waals surface area contributed by atoms with Crippen LogP contribution in [0.3, 0.4) is 0 Å². The van der Waals surface area contributed by atoms with E-state index in [1.165, 1.54) is 0 Å². The predicted octanol–water partition coefficient (Wildman–Crippen LogP) is 2.05. The number of nitrogens with two attached hydrogens (primary N) is 1. The van der Waals surface area contributed by atoms with Gasteiger partial charge in [-0.1, -0.05) is 24.3 Å². The number of fused-ring (bicyclic) bond motifs is 3. The maximum Gasteiger partial charge on any atom is 0.320 e. The second kappa shape index (κ2) is 5.10. The number of carboxylic acids is 1. The molecule has 0 amide bonds. The zero-order chi connectivity index (χ0) is 15.0. The molecule has 3 aromatic rings. The number of rotatable bonds is 3. The van der Waals surface area contributed by atoms with E-state index < -0.39 is 12.0 Å². The molecule has 0 radical (unpaired) electrons. The Hall–Kier alpha value is -2.53. The van der Waals surface area contributed by atoms with Crippen LogP contribution >= 0.6 is 0 Å². The standard InChI is InChI=1S/C16H15N3O2/c1-9-2-3-10-4-5-11-6-7-12(8-13(17)16(20)21)19-15(11)14(10)18-9/h2-7,13H,8,17H2,1H3,(H,20,21)/t13-/m0/s1. The third kappa shape index (κ3) is 2.55. The Bertz CT molecular complexity index is 845. The Kier molecular flexibility index (Phi) is 3.27. The van der Waals surface area contributed by atoms with Crippen LogP contribution in [0.15, 0.2) is 36.4 Å². The lowest BCUT2D eigenvalue weighted by atomic mass is 10.1. The van der Waals surface area contributed by atoms with Gasteiger partial charge in [0.15, 0.2) is 0 Å². The number of aromatic nitrogens is 2. The highest BCUT2D eigenvalue weighted by molar-refractivity contribution is 6.02. The van der Waals surface area contributed by atoms with Crippen LogP contribution in [0.25, 0.3) is 21.8 Å². The van der Waals surface area contributed by atoms with Crippen molar-refractivity contribution >= 4 is 27.8 Å². The average Bonchev–Trinajstić information content (AvgIpc) is 2.47. The first-order valence-electron chi connectivity index (χ1n) is 6.69. The Balaban J connectivity index is 2.16. The van der Waals surface area contributed by atoms with Gasteiger partial charge >= 0.3 is 5.97 Å². The number of pyridine rings is 2. The van der Waals surface area contributed by atoms with E-state index in [1.807, 2.05) is 43.3 Å². The lowest BCUT2D eigenvalue weighted by Crippen LogP contribution is -2.32. The zero-order valence-corrected chi connectivity index (χ0v) is 11.6. The van der Waals surface area contributed by atoms with E-state index in [9.17, 15) is 4.79 Å². The van der Waals surface area contributed by atoms with E-state index in [4.69, 9.17) is 10.8 Å². The van der Waals surface area contributed by atoms with Crippen LogP contribution in [-0.4, -0.2) is 27.1 Å². The lowest BCUT2D eigenvalue weighted by molar-refractivity contribution is -0.138. The summed E-state index contributed by atoms with van der Waals surface area (Å²) in [5.74, 6) is -1.02. The van der Waals surface area contributed by atoms with Gasteiger partial charge < -0.3 is 10.8 Å². The largest absolute Gasteiger partial charge is 0.480 e. The van der Waals surface area contributed by atoms with Gasteiger partial charge in [0.1, 0.15) is 6.04 Å². The molecule has 2 heterocycles. The van der Waals surface area contributed by atoms with Crippen molar-refractivity contribution in [2.24, 2.45) is 5.73 Å². The first-order valence-corrected chi connectivity index (χ1v) is 6.69. The molecule has 0 bridgehead atoms. The Labute approximate surface area is 121 Å². The van der Waals surface area contributed by atoms with Gasteiger partial charge in [0.05, 0.1) is 11.0 Å². The van der Waals surface area contributed by atoms with Crippen LogP contribution in [0, 0.1) is 6.92 Å². The number of carbonyl (C=O) groups is 1. The summed E-state index contributed by atoms with van der Waals surface area (Å²) in [5.41, 5.74) is 8.77. The van der Waals surface area contributed by atoms with Gasteiger partial charge in [-0.25, -0.2) is 0 Å². The molecule has 5 heteroatoms. The summed E-state index contributed by atoms with van der Waals surface area (Å²) in [6, 6.07) is 10.8. The van der Waals surface area contributed by atoms with Crippen LogP contribution in [0.5, 0.6) is 0 Å². The second-order valence-corrected chi connectivity index (χ2v) is 5.11. The molecule has 3 N–H and O–H groups in total. The number of hydrogen-bond donors (Lipinski definition) is 2. The molecule has 1 aromatic carbocycles. The Morgan fingerprint density at radius 2 is 1.67 bits per heavy atom. The Morgan fingerprint density at radius 3 is 2.33 bits per heavy atom. The minimum Gasteiger partial charge on any atom is -0.480 e. The van der Waals surface area contributed by atoms with Crippen molar-refractivity contribution in [2.75, 3.05) is 0 Å². The molecule has 0 aliphatic heterocycles. The molecule has 0 saturated heterocycles. The summed E-state index contributed by atoms with van der Waals surface area (Å²) in [5, 5.41) is 10.9. The number of hydrogen-bond acceptors (Lipinski definition) is 4. The van der Waals surface area contributed by atoms with E-state index in [0.29, 0.717) is 5.69 Å². The molecule has 1 atom stereocenters. The van der Waals surface area contributed by atoms with Crippen molar-refractivity contribution in [1.29, 1.82) is 0 Å². The van der Waals surface area contributed by atoms with Crippen molar-refractivity contribution < 1.29 is 9.90 Å². The van der Waals surface area contributed by atoms with Crippen LogP contribution in [0.4, 0.5) is 0 Å². The molecular formula is C16H15N3O2. The molecule has 0 unspecified atom stereocenters. The van der Waals surface area contributed by atoms with Gasteiger partial charge in [0, 0.05) is 28.6 Å². The summed E-state index contributed by atoms with van der Waals surface area (Å²) in [7, 11) is 0. The maximum atomic E-state index is 10.9. The molecule has 106 valence electrons. The second-order valence-electron chi connectivity index (χ2n) is 5.11. The van der Waals surface area contributed by atoms with E-state index in [1.54, 1.807) is 0 Å². The minimum absolute atomic E-state index is 0.202. The number of carboxylic acid groups (broad SMARTS) is 1. The lowest BCUT2D eigenvalue weighted by Gasteiger charge is -2.08. The molecule has 2 aromatic heterocycles. The smallest absolute Gasteiger partial charge is 0.320 e. The van der Waals surface area contributed by atoms with Gasteiger partial charge in [-0.3, -0.25) is 14.8 Å². The summed E-state index contributed by atoms with van der Waals surface area (Å²) in [6.07, 6.45) is 0.202. The van der Waals surface area contributed by atoms with Crippen LogP contribution < -0.4 is 5.73 Å². The first kappa shape index (κ1) is 13.5. The van der Waals surface area contributed by atoms with E-state index >= 15 is 0 Å². The Morgan fingerprint density at radius 1 is 1.10 bits per heavy atom. The number of aliphatic carboxylic acids is 1. The van der Waals surface area contributed by atoms with Gasteiger partial charge in [-0.15, -0.1) is 0 Å². The highest BCUT2D eigenvalue weighted by Crippen LogP contribution is 2.23. The zero-order valence-electron chi connectivity index (χ0n) is 11.6. The van der Waals surface area contributed by atoms with Gasteiger partial charge in [0.2, 0.25) is 0 Å². The van der Waals surface area contributed by atoms with E-state index in [0.717, 1.165) is 27.5 Å². The summed E-state index contributed by atoms with van der Waals surface area (Å²) >= 11 is 0. The SMILES string of the molecule is Cc1ccc2ccc3ccc(C[C@H](N)C(=O)O)nc3c2n1. The van der Waals surface area contributed by atoms with E-state index in [2.05, 4.69) is 9.97 Å². The molecule has 0 aliphatic rings. The van der Waals surface area contributed by atoms with Crippen molar-refractivity contribution in [2.45, 2.75) is 19.4 Å². The summed E-state index contributed by atoms with van der Waals surface area (Å²) in [6.45, 7) is 1.93. The third-order valence-corrected chi connectivity index (χ3v) is 3.46. The fourth-order valence-corrected chi connectivity index (χ4v) is 2.33. The first-order chi connectivity index (χ1) is 10.0. The topological polar surface area (TPSA) is 89.1 Å². The molecule has 3 rings (SSSR count). The monoisotopic (exact) mass is 281 g/mol. The molecular weight excluding hydrogens is 266 g/mol. The predicted molar refractivity (Wildman–Crippen MR) is 81.1 cm³/mol. The average molecular weight is 281 g/mol. The van der Waals surface area contributed by atoms with Crippen molar-refractivity contribution in [3.05, 3.63) is 47.8 Å². The van der Waals surface area contributed by atoms with Crippen molar-refractivity contribution in [3.8, 4) is 0 Å². The third-order valence-electron chi connectivity index (χ3n) is 3.46. The van der Waals surface area contributed by atoms with Crippen LogP contribution in [0.1, 0.15) is 11.4 Å². The van der Waals surface area contributed by atoms with Gasteiger partial charge in [0.25, 0.3) is 0 Å². The van der Waals surface area contributed by atoms with Crippen LogP contribution in [0.2, 0.25) is 0 Å². The fourth-order valence-electron chi connectivity index (χ4n) is 2.33. The minimum atomic E-state index is -1.02. The quantitative estimate of drug-likeness (QED) is 0.717. The summed E-state index contributed by atoms with van der Waals surface area (Å²) < 4.78 is 0. The van der Waals surface area contributed by atoms with E-state index in [-0.39, 0.29) is 6.42 Å². The molecule has 0 saturated carbocycles. The molecule has 0 aliphatic carbocycles. The highest BCUT2D eigenvalue weighted by Gasteiger charge is 2.14. The number of nitrogens with zero attached hydrogens (tertiary/aromatic N) is 2. The van der Waals surface area contributed by atoms with Crippen molar-refractivity contribution in [3.63, 3.8) is 0 Å². The van der Waals surface area contributed by atoms with Gasteiger partial charge in [-0.05, 0) is 19.1 Å². The molecule has 0 spiro atoms. The van der Waals surface area contributed by atoms with Gasteiger partial charge in [-0.2, -0.15) is 0 Å². The van der Waals surface area contributed by atoms with Crippen LogP contribution in [-0.2, 0) is 11.2 Å². The molecule has 21 heavy (non-hydrogen) atoms. The normalized spacial score (nSPS) is 12.7. The number of aryl methyl sites for hydroxylation is 1. The fraction of sp³-hybridized carbons (Fsp3) is 0.188. The molecule has 0 fully saturated rings. The molecule has 5 nitrogen and oxygen atoms in total. The highest BCUT2D eigenvalue weighted by atomic mass is 16.4.